The van der Waals surface area contributed by atoms with Gasteiger partial charge < -0.3 is 5.11 Å². The van der Waals surface area contributed by atoms with E-state index < -0.39 is 5.97 Å². The molecule has 0 aromatic heterocycles. The fourth-order valence-corrected chi connectivity index (χ4v) is 0.473. The molecule has 0 atom stereocenters. The number of aliphatic carboxylic acids is 1. The van der Waals surface area contributed by atoms with Crippen molar-refractivity contribution in [1.82, 2.24) is 5.06 Å². The van der Waals surface area contributed by atoms with E-state index in [4.69, 9.17) is 5.11 Å². The van der Waals surface area contributed by atoms with Crippen molar-refractivity contribution in [3.8, 4) is 0 Å². The van der Waals surface area contributed by atoms with E-state index in [9.17, 15) is 9.59 Å². The summed E-state index contributed by atoms with van der Waals surface area (Å²) < 4.78 is 0. The normalized spacial score (nSPS) is 9.27. The van der Waals surface area contributed by atoms with Crippen LogP contribution in [0.25, 0.3) is 0 Å². The minimum atomic E-state index is -0.983. The maximum absolute atomic E-state index is 10.8. The van der Waals surface area contributed by atoms with Crippen LogP contribution in [-0.2, 0) is 14.4 Å². The molecule has 1 amide bonds. The average molecular weight is 161 g/mol. The van der Waals surface area contributed by atoms with Crippen molar-refractivity contribution in [2.45, 2.75) is 12.8 Å². The third-order valence-electron chi connectivity index (χ3n) is 1.18. The van der Waals surface area contributed by atoms with Gasteiger partial charge in [-0.25, -0.2) is 5.06 Å². The number of rotatable bonds is 4. The van der Waals surface area contributed by atoms with Crippen LogP contribution in [0.4, 0.5) is 0 Å². The molecule has 0 aliphatic carbocycles. The molecule has 0 spiro atoms. The largest absolute Gasteiger partial charge is 0.481 e. The smallest absolute Gasteiger partial charge is 0.303 e. The molecule has 0 aliphatic heterocycles. The summed E-state index contributed by atoms with van der Waals surface area (Å²) in [5.74, 6) is -1.32. The van der Waals surface area contributed by atoms with Crippen LogP contribution < -0.4 is 0 Å². The van der Waals surface area contributed by atoms with Crippen molar-refractivity contribution in [3.63, 3.8) is 0 Å². The highest BCUT2D eigenvalue weighted by molar-refractivity contribution is 5.79. The van der Waals surface area contributed by atoms with Crippen LogP contribution in [0.5, 0.6) is 0 Å². The highest BCUT2D eigenvalue weighted by atomic mass is 16.7. The number of hydrogen-bond donors (Lipinski definition) is 1. The standard InChI is InChI=1S/C6H11NO4/c1-7(11-2)5(8)3-4-6(9)10/h3-4H2,1-2H3,(H,9,10). The Kier molecular flexibility index (Phi) is 4.21. The van der Waals surface area contributed by atoms with Gasteiger partial charge in [0.2, 0.25) is 5.91 Å². The first-order chi connectivity index (χ1) is 5.07. The first-order valence-electron chi connectivity index (χ1n) is 3.10. The number of hydrogen-bond acceptors (Lipinski definition) is 3. The minimum Gasteiger partial charge on any atom is -0.481 e. The summed E-state index contributed by atoms with van der Waals surface area (Å²) in [5, 5.41) is 9.21. The second-order valence-corrected chi connectivity index (χ2v) is 1.97. The van der Waals surface area contributed by atoms with Gasteiger partial charge in [0, 0.05) is 13.5 Å². The lowest BCUT2D eigenvalue weighted by molar-refractivity contribution is -0.169. The zero-order chi connectivity index (χ0) is 8.85. The minimum absolute atomic E-state index is 0.0281. The SMILES string of the molecule is CON(C)C(=O)CCC(=O)O. The van der Waals surface area contributed by atoms with Gasteiger partial charge in [-0.15, -0.1) is 0 Å². The number of nitrogens with zero attached hydrogens (tertiary/aromatic N) is 1. The second-order valence-electron chi connectivity index (χ2n) is 1.97. The van der Waals surface area contributed by atoms with Gasteiger partial charge in [0.1, 0.15) is 0 Å². The molecule has 0 bridgehead atoms. The van der Waals surface area contributed by atoms with Gasteiger partial charge in [0.15, 0.2) is 0 Å². The van der Waals surface area contributed by atoms with E-state index >= 15 is 0 Å². The maximum Gasteiger partial charge on any atom is 0.303 e. The van der Waals surface area contributed by atoms with Gasteiger partial charge in [0.05, 0.1) is 13.5 Å². The summed E-state index contributed by atoms with van der Waals surface area (Å²) in [6.45, 7) is 0. The third kappa shape index (κ3) is 4.32. The monoisotopic (exact) mass is 161 g/mol. The average Bonchev–Trinajstić information content (AvgIpc) is 1.98. The number of carboxylic acid groups (broad SMARTS) is 1. The fourth-order valence-electron chi connectivity index (χ4n) is 0.473. The zero-order valence-corrected chi connectivity index (χ0v) is 6.53. The topological polar surface area (TPSA) is 66.8 Å². The highest BCUT2D eigenvalue weighted by Crippen LogP contribution is 1.94. The van der Waals surface area contributed by atoms with Crippen LogP contribution in [0.15, 0.2) is 0 Å². The maximum atomic E-state index is 10.8. The van der Waals surface area contributed by atoms with Gasteiger partial charge in [-0.2, -0.15) is 0 Å². The molecule has 0 aliphatic rings. The lowest BCUT2D eigenvalue weighted by atomic mass is 10.3. The Hall–Kier alpha value is -1.10. The van der Waals surface area contributed by atoms with Crippen LogP contribution in [-0.4, -0.2) is 36.2 Å². The molecule has 64 valence electrons. The third-order valence-corrected chi connectivity index (χ3v) is 1.18. The Morgan fingerprint density at radius 3 is 2.36 bits per heavy atom. The first kappa shape index (κ1) is 9.90. The Morgan fingerprint density at radius 1 is 1.45 bits per heavy atom. The van der Waals surface area contributed by atoms with Gasteiger partial charge in [-0.05, 0) is 0 Å². The molecule has 0 aromatic rings. The molecule has 1 N–H and O–H groups in total. The fraction of sp³-hybridized carbons (Fsp3) is 0.667. The lowest BCUT2D eigenvalue weighted by Gasteiger charge is -2.11. The first-order valence-corrected chi connectivity index (χ1v) is 3.10. The Balaban J connectivity index is 3.60. The molecule has 0 heterocycles. The van der Waals surface area contributed by atoms with E-state index in [1.54, 1.807) is 0 Å². The van der Waals surface area contributed by atoms with Crippen LogP contribution in [0.3, 0.4) is 0 Å². The molecule has 0 aromatic carbocycles. The molecular weight excluding hydrogens is 150 g/mol. The molecule has 5 nitrogen and oxygen atoms in total. The van der Waals surface area contributed by atoms with Gasteiger partial charge >= 0.3 is 5.97 Å². The number of carbonyl (C=O) groups is 2. The molecule has 0 radical (unpaired) electrons. The summed E-state index contributed by atoms with van der Waals surface area (Å²) in [7, 11) is 2.78. The quantitative estimate of drug-likeness (QED) is 0.583. The Morgan fingerprint density at radius 2 is 2.00 bits per heavy atom. The van der Waals surface area contributed by atoms with Gasteiger partial charge in [-0.1, -0.05) is 0 Å². The summed E-state index contributed by atoms with van der Waals surface area (Å²) in [6, 6.07) is 0. The van der Waals surface area contributed by atoms with Crippen molar-refractivity contribution < 1.29 is 19.5 Å². The Bertz CT molecular complexity index is 157. The van der Waals surface area contributed by atoms with Gasteiger partial charge in [-0.3, -0.25) is 14.4 Å². The molecular formula is C6H11NO4. The van der Waals surface area contributed by atoms with Crippen LogP contribution in [0, 0.1) is 0 Å². The number of amides is 1. The van der Waals surface area contributed by atoms with E-state index in [0.29, 0.717) is 0 Å². The highest BCUT2D eigenvalue weighted by Gasteiger charge is 2.09. The zero-order valence-electron chi connectivity index (χ0n) is 6.53. The van der Waals surface area contributed by atoms with Crippen molar-refractivity contribution >= 4 is 11.9 Å². The summed E-state index contributed by atoms with van der Waals surface area (Å²) in [6.07, 6.45) is -0.188. The van der Waals surface area contributed by atoms with Crippen LogP contribution >= 0.6 is 0 Å². The van der Waals surface area contributed by atoms with E-state index in [0.717, 1.165) is 5.06 Å². The van der Waals surface area contributed by atoms with Gasteiger partial charge in [0.25, 0.3) is 0 Å². The van der Waals surface area contributed by atoms with E-state index in [1.165, 1.54) is 14.2 Å². The predicted molar refractivity (Wildman–Crippen MR) is 36.6 cm³/mol. The predicted octanol–water partition coefficient (Wildman–Crippen LogP) is -0.129. The van der Waals surface area contributed by atoms with Crippen molar-refractivity contribution in [1.29, 1.82) is 0 Å². The second kappa shape index (κ2) is 4.68. The summed E-state index contributed by atoms with van der Waals surface area (Å²) in [5.41, 5.74) is 0. The van der Waals surface area contributed by atoms with Crippen molar-refractivity contribution in [2.75, 3.05) is 14.2 Å². The van der Waals surface area contributed by atoms with E-state index in [1.807, 2.05) is 0 Å². The number of hydroxylamine groups is 2. The molecule has 0 fully saturated rings. The molecule has 0 saturated heterocycles. The molecule has 0 rings (SSSR count). The molecule has 0 saturated carbocycles. The molecule has 11 heavy (non-hydrogen) atoms. The summed E-state index contributed by atoms with van der Waals surface area (Å²) in [4.78, 5) is 25.4. The van der Waals surface area contributed by atoms with Crippen molar-refractivity contribution in [3.05, 3.63) is 0 Å². The number of carboxylic acids is 1. The number of carbonyl (C=O) groups excluding carboxylic acids is 1. The summed E-state index contributed by atoms with van der Waals surface area (Å²) >= 11 is 0. The van der Waals surface area contributed by atoms with Crippen LogP contribution in [0.1, 0.15) is 12.8 Å². The van der Waals surface area contributed by atoms with E-state index in [-0.39, 0.29) is 18.7 Å². The van der Waals surface area contributed by atoms with Crippen LogP contribution in [0.2, 0.25) is 0 Å². The van der Waals surface area contributed by atoms with Crippen molar-refractivity contribution in [2.24, 2.45) is 0 Å². The lowest BCUT2D eigenvalue weighted by Crippen LogP contribution is -2.25. The Labute approximate surface area is 64.5 Å². The molecule has 0 unspecified atom stereocenters. The van der Waals surface area contributed by atoms with E-state index in [2.05, 4.69) is 4.84 Å². The molecule has 5 heteroatoms.